The summed E-state index contributed by atoms with van der Waals surface area (Å²) in [7, 11) is 0. The third-order valence-electron chi connectivity index (χ3n) is 4.57. The van der Waals surface area contributed by atoms with Crippen molar-refractivity contribution < 1.29 is 32.6 Å². The number of alkyl halides is 3. The minimum absolute atomic E-state index is 0.0297. The molecule has 3 nitrogen and oxygen atoms in total. The molecule has 140 valence electrons. The van der Waals surface area contributed by atoms with E-state index in [4.69, 9.17) is 0 Å². The lowest BCUT2D eigenvalue weighted by atomic mass is 9.72. The van der Waals surface area contributed by atoms with Gasteiger partial charge in [-0.3, -0.25) is 4.79 Å². The summed E-state index contributed by atoms with van der Waals surface area (Å²) >= 11 is 0. The number of aliphatic hydroxyl groups is 1. The smallest absolute Gasteiger partial charge is 0.416 e. The van der Waals surface area contributed by atoms with E-state index in [1.54, 1.807) is 6.92 Å². The van der Waals surface area contributed by atoms with Crippen LogP contribution in [0.4, 0.5) is 17.6 Å². The van der Waals surface area contributed by atoms with Crippen molar-refractivity contribution in [3.05, 3.63) is 71.0 Å². The summed E-state index contributed by atoms with van der Waals surface area (Å²) < 4.78 is 51.1. The van der Waals surface area contributed by atoms with Crippen molar-refractivity contribution in [1.82, 2.24) is 0 Å². The molecule has 2 aromatic rings. The fourth-order valence-corrected chi connectivity index (χ4v) is 2.90. The Kier molecular flexibility index (Phi) is 5.71. The van der Waals surface area contributed by atoms with Crippen molar-refractivity contribution in [3.63, 3.8) is 0 Å². The van der Waals surface area contributed by atoms with E-state index in [-0.39, 0.29) is 18.4 Å². The molecule has 26 heavy (non-hydrogen) atoms. The quantitative estimate of drug-likeness (QED) is 0.731. The number of aliphatic carboxylic acids is 1. The Bertz CT molecular complexity index is 754. The lowest BCUT2D eigenvalue weighted by molar-refractivity contribution is -0.157. The number of benzene rings is 2. The van der Waals surface area contributed by atoms with Crippen LogP contribution in [0.1, 0.15) is 36.1 Å². The van der Waals surface area contributed by atoms with E-state index in [0.29, 0.717) is 5.56 Å². The van der Waals surface area contributed by atoms with Crippen molar-refractivity contribution in [1.29, 1.82) is 0 Å². The highest BCUT2D eigenvalue weighted by molar-refractivity contribution is 5.76. The highest BCUT2D eigenvalue weighted by atomic mass is 19.4. The normalized spacial score (nSPS) is 15.3. The molecule has 0 aliphatic heterocycles. The molecule has 0 aromatic heterocycles. The summed E-state index contributed by atoms with van der Waals surface area (Å²) in [6.45, 7) is 1.57. The number of carboxylic acid groups (broad SMARTS) is 1. The zero-order valence-corrected chi connectivity index (χ0v) is 13.9. The molecule has 2 atom stereocenters. The molecular weight excluding hydrogens is 352 g/mol. The number of aliphatic hydroxyl groups excluding tert-OH is 1. The van der Waals surface area contributed by atoms with E-state index < -0.39 is 35.0 Å². The van der Waals surface area contributed by atoms with Gasteiger partial charge in [0.05, 0.1) is 11.7 Å². The molecule has 0 radical (unpaired) electrons. The van der Waals surface area contributed by atoms with E-state index in [1.807, 2.05) is 0 Å². The third-order valence-corrected chi connectivity index (χ3v) is 4.57. The molecule has 7 heteroatoms. The number of rotatable bonds is 6. The van der Waals surface area contributed by atoms with Gasteiger partial charge in [0.1, 0.15) is 11.2 Å². The fourth-order valence-electron chi connectivity index (χ4n) is 2.90. The second-order valence-electron chi connectivity index (χ2n) is 6.14. The zero-order chi connectivity index (χ0) is 19.5. The Morgan fingerprint density at radius 3 is 2.00 bits per heavy atom. The van der Waals surface area contributed by atoms with Gasteiger partial charge in [-0.15, -0.1) is 0 Å². The summed E-state index contributed by atoms with van der Waals surface area (Å²) in [6, 6.07) is 8.96. The molecule has 2 rings (SSSR count). The first-order valence-corrected chi connectivity index (χ1v) is 7.93. The molecule has 0 aliphatic carbocycles. The number of halogens is 4. The van der Waals surface area contributed by atoms with Crippen LogP contribution < -0.4 is 0 Å². The molecule has 0 bridgehead atoms. The van der Waals surface area contributed by atoms with Crippen LogP contribution in [0, 0.1) is 11.2 Å². The largest absolute Gasteiger partial charge is 0.481 e. The summed E-state index contributed by atoms with van der Waals surface area (Å²) in [5.41, 5.74) is -1.97. The van der Waals surface area contributed by atoms with Crippen LogP contribution in [0.2, 0.25) is 0 Å². The van der Waals surface area contributed by atoms with E-state index >= 15 is 0 Å². The van der Waals surface area contributed by atoms with Gasteiger partial charge < -0.3 is 10.2 Å². The summed E-state index contributed by atoms with van der Waals surface area (Å²) in [4.78, 5) is 12.0. The van der Waals surface area contributed by atoms with Crippen LogP contribution in [-0.4, -0.2) is 16.2 Å². The van der Waals surface area contributed by atoms with Gasteiger partial charge in [-0.25, -0.2) is 4.39 Å². The second kappa shape index (κ2) is 7.45. The van der Waals surface area contributed by atoms with E-state index in [0.717, 1.165) is 24.3 Å². The molecule has 0 spiro atoms. The fraction of sp³-hybridized carbons (Fsp3) is 0.316. The van der Waals surface area contributed by atoms with Crippen LogP contribution in [0.25, 0.3) is 0 Å². The minimum atomic E-state index is -4.52. The zero-order valence-electron chi connectivity index (χ0n) is 13.9. The Morgan fingerprint density at radius 2 is 1.58 bits per heavy atom. The maximum absolute atomic E-state index is 13.1. The summed E-state index contributed by atoms with van der Waals surface area (Å²) in [5, 5.41) is 20.4. The lowest BCUT2D eigenvalue weighted by Crippen LogP contribution is -2.39. The molecule has 0 amide bonds. The highest BCUT2D eigenvalue weighted by Crippen LogP contribution is 2.41. The monoisotopic (exact) mass is 370 g/mol. The molecule has 0 heterocycles. The first kappa shape index (κ1) is 19.9. The number of carboxylic acids is 1. The standard InChI is InChI=1S/C19H18F4O3/c1-2-18(17(25)26,11-12-3-9-15(20)10-4-12)16(24)13-5-7-14(8-6-13)19(21,22)23/h3-10,16,24H,2,11H2,1H3,(H,25,26). The topological polar surface area (TPSA) is 57.5 Å². The first-order valence-electron chi connectivity index (χ1n) is 7.93. The Labute approximate surface area is 147 Å². The molecule has 0 saturated heterocycles. The van der Waals surface area contributed by atoms with E-state index in [2.05, 4.69) is 0 Å². The Morgan fingerprint density at radius 1 is 1.04 bits per heavy atom. The first-order chi connectivity index (χ1) is 12.1. The number of hydrogen-bond donors (Lipinski definition) is 2. The molecule has 2 unspecified atom stereocenters. The molecule has 0 saturated carbocycles. The van der Waals surface area contributed by atoms with Gasteiger partial charge in [0.15, 0.2) is 0 Å². The Balaban J connectivity index is 2.39. The van der Waals surface area contributed by atoms with E-state index in [1.165, 1.54) is 24.3 Å². The molecular formula is C19H18F4O3. The van der Waals surface area contributed by atoms with Gasteiger partial charge >= 0.3 is 12.1 Å². The third kappa shape index (κ3) is 4.04. The maximum Gasteiger partial charge on any atom is 0.416 e. The predicted molar refractivity (Wildman–Crippen MR) is 86.9 cm³/mol. The molecule has 0 fully saturated rings. The van der Waals surface area contributed by atoms with Crippen LogP contribution in [0.3, 0.4) is 0 Å². The lowest BCUT2D eigenvalue weighted by Gasteiger charge is -2.34. The van der Waals surface area contributed by atoms with Crippen molar-refractivity contribution in [2.45, 2.75) is 32.0 Å². The van der Waals surface area contributed by atoms with Crippen LogP contribution in [0.15, 0.2) is 48.5 Å². The van der Waals surface area contributed by atoms with Gasteiger partial charge in [0.2, 0.25) is 0 Å². The van der Waals surface area contributed by atoms with Gasteiger partial charge in [-0.1, -0.05) is 31.2 Å². The molecule has 2 aromatic carbocycles. The van der Waals surface area contributed by atoms with Crippen LogP contribution in [0.5, 0.6) is 0 Å². The van der Waals surface area contributed by atoms with Gasteiger partial charge in [0.25, 0.3) is 0 Å². The number of carbonyl (C=O) groups is 1. The van der Waals surface area contributed by atoms with Gasteiger partial charge in [0, 0.05) is 0 Å². The van der Waals surface area contributed by atoms with Gasteiger partial charge in [-0.05, 0) is 48.2 Å². The minimum Gasteiger partial charge on any atom is -0.481 e. The van der Waals surface area contributed by atoms with E-state index in [9.17, 15) is 32.6 Å². The van der Waals surface area contributed by atoms with Crippen molar-refractivity contribution in [2.24, 2.45) is 5.41 Å². The van der Waals surface area contributed by atoms with Crippen molar-refractivity contribution >= 4 is 5.97 Å². The van der Waals surface area contributed by atoms with Crippen molar-refractivity contribution in [2.75, 3.05) is 0 Å². The molecule has 0 aliphatic rings. The second-order valence-corrected chi connectivity index (χ2v) is 6.14. The summed E-state index contributed by atoms with van der Waals surface area (Å²) in [5.74, 6) is -1.76. The van der Waals surface area contributed by atoms with Crippen LogP contribution in [-0.2, 0) is 17.4 Å². The predicted octanol–water partition coefficient (Wildman–Crippen LogP) is 4.60. The average molecular weight is 370 g/mol. The SMILES string of the molecule is CCC(Cc1ccc(F)cc1)(C(=O)O)C(O)c1ccc(C(F)(F)F)cc1. The Hall–Kier alpha value is -2.41. The number of hydrogen-bond acceptors (Lipinski definition) is 2. The maximum atomic E-state index is 13.1. The van der Waals surface area contributed by atoms with Crippen LogP contribution >= 0.6 is 0 Å². The average Bonchev–Trinajstić information content (AvgIpc) is 2.60. The van der Waals surface area contributed by atoms with Crippen molar-refractivity contribution in [3.8, 4) is 0 Å². The van der Waals surface area contributed by atoms with Gasteiger partial charge in [-0.2, -0.15) is 13.2 Å². The summed E-state index contributed by atoms with van der Waals surface area (Å²) in [6.07, 6.45) is -6.12. The highest BCUT2D eigenvalue weighted by Gasteiger charge is 2.45. The molecule has 2 N–H and O–H groups in total.